The van der Waals surface area contributed by atoms with Crippen LogP contribution >= 0.6 is 7.82 Å². The summed E-state index contributed by atoms with van der Waals surface area (Å²) in [5, 5.41) is 0. The van der Waals surface area contributed by atoms with Crippen molar-refractivity contribution < 1.29 is 37.6 Å². The maximum absolute atomic E-state index is 12.8. The molecule has 3 N–H and O–H groups in total. The van der Waals surface area contributed by atoms with E-state index in [0.29, 0.717) is 6.42 Å². The molecule has 0 aliphatic carbocycles. The first-order chi connectivity index (χ1) is 42.8. The van der Waals surface area contributed by atoms with Crippen LogP contribution in [0.1, 0.15) is 386 Å². The molecule has 0 radical (unpaired) electrons. The molecule has 2 atom stereocenters. The van der Waals surface area contributed by atoms with E-state index in [4.69, 9.17) is 24.3 Å². The van der Waals surface area contributed by atoms with E-state index in [-0.39, 0.29) is 38.6 Å². The Morgan fingerprint density at radius 3 is 0.954 bits per heavy atom. The van der Waals surface area contributed by atoms with Gasteiger partial charge in [0.05, 0.1) is 13.2 Å². The number of hydrogen-bond acceptors (Lipinski definition) is 8. The zero-order chi connectivity index (χ0) is 63.0. The van der Waals surface area contributed by atoms with Gasteiger partial charge in [0, 0.05) is 19.4 Å². The molecule has 0 saturated carbocycles. The van der Waals surface area contributed by atoms with Crippen LogP contribution < -0.4 is 5.73 Å². The molecule has 0 fully saturated rings. The van der Waals surface area contributed by atoms with Gasteiger partial charge in [-0.15, -0.1) is 0 Å². The van der Waals surface area contributed by atoms with Crippen LogP contribution in [-0.4, -0.2) is 49.3 Å². The molecule has 0 bridgehead atoms. The molecule has 0 spiro atoms. The fraction of sp³-hybridized carbons (Fsp3) is 0.844. The Labute approximate surface area is 539 Å². The van der Waals surface area contributed by atoms with Gasteiger partial charge in [0.2, 0.25) is 0 Å². The minimum atomic E-state index is -4.39. The summed E-state index contributed by atoms with van der Waals surface area (Å²) in [5.74, 6) is -0.805. The zero-order valence-electron chi connectivity index (χ0n) is 57.5. The van der Waals surface area contributed by atoms with Crippen molar-refractivity contribution >= 4 is 19.8 Å². The van der Waals surface area contributed by atoms with Gasteiger partial charge in [0.1, 0.15) is 6.61 Å². The summed E-state index contributed by atoms with van der Waals surface area (Å²) in [4.78, 5) is 35.4. The van der Waals surface area contributed by atoms with Crippen LogP contribution in [0.2, 0.25) is 0 Å². The Hall–Kier alpha value is -2.29. The SMILES string of the molecule is CC/C=C\C/C=C\C/C=C\C/C=C\CCCCCCCCCCCCCCCCCCCCCCCCC(=O)OC(COC(=O)CCCCCCCCCCCCCCCCCCCCC/C=C\CCCCCCCCCC)COP(=O)(O)OCCN. The number of rotatable bonds is 72. The highest BCUT2D eigenvalue weighted by Crippen LogP contribution is 2.43. The molecular formula is C77H144NO8P. The van der Waals surface area contributed by atoms with Crippen LogP contribution in [0.15, 0.2) is 60.8 Å². The molecule has 510 valence electrons. The smallest absolute Gasteiger partial charge is 0.462 e. The predicted octanol–water partition coefficient (Wildman–Crippen LogP) is 25.0. The summed E-state index contributed by atoms with van der Waals surface area (Å²) >= 11 is 0. The molecule has 2 unspecified atom stereocenters. The fourth-order valence-corrected chi connectivity index (χ4v) is 12.1. The molecule has 0 aromatic heterocycles. The second-order valence-corrected chi connectivity index (χ2v) is 26.9. The van der Waals surface area contributed by atoms with Crippen LogP contribution in [0.25, 0.3) is 0 Å². The van der Waals surface area contributed by atoms with E-state index in [1.54, 1.807) is 0 Å². The topological polar surface area (TPSA) is 134 Å². The van der Waals surface area contributed by atoms with E-state index in [1.807, 2.05) is 0 Å². The van der Waals surface area contributed by atoms with Gasteiger partial charge >= 0.3 is 19.8 Å². The van der Waals surface area contributed by atoms with E-state index in [2.05, 4.69) is 74.6 Å². The number of ether oxygens (including phenoxy) is 2. The Bertz CT molecular complexity index is 1610. The van der Waals surface area contributed by atoms with Gasteiger partial charge in [-0.25, -0.2) is 4.57 Å². The first-order valence-corrected chi connectivity index (χ1v) is 39.3. The highest BCUT2D eigenvalue weighted by Gasteiger charge is 2.26. The quantitative estimate of drug-likeness (QED) is 0.0264. The van der Waals surface area contributed by atoms with Gasteiger partial charge in [-0.2, -0.15) is 0 Å². The maximum atomic E-state index is 12.8. The summed E-state index contributed by atoms with van der Waals surface area (Å²) < 4.78 is 33.3. The third-order valence-electron chi connectivity index (χ3n) is 16.9. The molecule has 0 saturated heterocycles. The maximum Gasteiger partial charge on any atom is 0.472 e. The van der Waals surface area contributed by atoms with Crippen LogP contribution in [0.4, 0.5) is 0 Å². The van der Waals surface area contributed by atoms with E-state index < -0.39 is 26.5 Å². The largest absolute Gasteiger partial charge is 0.472 e. The average Bonchev–Trinajstić information content (AvgIpc) is 3.64. The van der Waals surface area contributed by atoms with E-state index in [1.165, 1.54) is 295 Å². The normalized spacial score (nSPS) is 13.2. The lowest BCUT2D eigenvalue weighted by Crippen LogP contribution is -2.29. The van der Waals surface area contributed by atoms with E-state index >= 15 is 0 Å². The van der Waals surface area contributed by atoms with Crippen LogP contribution in [0.5, 0.6) is 0 Å². The molecule has 0 aliphatic heterocycles. The van der Waals surface area contributed by atoms with Gasteiger partial charge in [-0.3, -0.25) is 18.6 Å². The Morgan fingerprint density at radius 1 is 0.356 bits per heavy atom. The van der Waals surface area contributed by atoms with Crippen molar-refractivity contribution in [2.45, 2.75) is 392 Å². The number of hydrogen-bond donors (Lipinski definition) is 2. The van der Waals surface area contributed by atoms with Crippen molar-refractivity contribution in [3.63, 3.8) is 0 Å². The van der Waals surface area contributed by atoms with Gasteiger partial charge < -0.3 is 20.1 Å². The predicted molar refractivity (Wildman–Crippen MR) is 376 cm³/mol. The molecular weight excluding hydrogens is 1100 g/mol. The molecule has 0 rings (SSSR count). The number of nitrogens with two attached hydrogens (primary N) is 1. The van der Waals surface area contributed by atoms with Crippen LogP contribution in [-0.2, 0) is 32.7 Å². The highest BCUT2D eigenvalue weighted by atomic mass is 31.2. The minimum absolute atomic E-state index is 0.0553. The van der Waals surface area contributed by atoms with Crippen LogP contribution in [0, 0.1) is 0 Å². The number of phosphoric ester groups is 1. The van der Waals surface area contributed by atoms with Gasteiger partial charge in [0.15, 0.2) is 6.10 Å². The van der Waals surface area contributed by atoms with E-state index in [0.717, 1.165) is 57.8 Å². The van der Waals surface area contributed by atoms with Gasteiger partial charge in [-0.05, 0) is 77.0 Å². The summed E-state index contributed by atoms with van der Waals surface area (Å²) in [6.07, 6.45) is 94.9. The lowest BCUT2D eigenvalue weighted by molar-refractivity contribution is -0.161. The Kier molecular flexibility index (Phi) is 70.9. The summed E-state index contributed by atoms with van der Waals surface area (Å²) in [6.45, 7) is 3.70. The minimum Gasteiger partial charge on any atom is -0.462 e. The van der Waals surface area contributed by atoms with Crippen molar-refractivity contribution in [1.82, 2.24) is 0 Å². The molecule has 0 aromatic rings. The average molecular weight is 1240 g/mol. The second-order valence-electron chi connectivity index (χ2n) is 25.5. The first kappa shape index (κ1) is 84.7. The summed E-state index contributed by atoms with van der Waals surface area (Å²) in [7, 11) is -4.39. The van der Waals surface area contributed by atoms with Crippen molar-refractivity contribution in [3.8, 4) is 0 Å². The van der Waals surface area contributed by atoms with E-state index in [9.17, 15) is 19.0 Å². The lowest BCUT2D eigenvalue weighted by atomic mass is 10.0. The molecule has 0 aliphatic rings. The molecule has 87 heavy (non-hydrogen) atoms. The summed E-state index contributed by atoms with van der Waals surface area (Å²) in [5.41, 5.74) is 5.41. The Morgan fingerprint density at radius 2 is 0.632 bits per heavy atom. The molecule has 0 heterocycles. The number of esters is 2. The van der Waals surface area contributed by atoms with Crippen molar-refractivity contribution in [2.75, 3.05) is 26.4 Å². The fourth-order valence-electron chi connectivity index (χ4n) is 11.3. The Balaban J connectivity index is 3.79. The number of allylic oxidation sites excluding steroid dienone is 10. The lowest BCUT2D eigenvalue weighted by Gasteiger charge is -2.19. The van der Waals surface area contributed by atoms with Crippen molar-refractivity contribution in [2.24, 2.45) is 5.73 Å². The first-order valence-electron chi connectivity index (χ1n) is 37.8. The third-order valence-corrected chi connectivity index (χ3v) is 17.9. The van der Waals surface area contributed by atoms with Crippen molar-refractivity contribution in [3.05, 3.63) is 60.8 Å². The number of phosphoric acid groups is 1. The highest BCUT2D eigenvalue weighted by molar-refractivity contribution is 7.47. The van der Waals surface area contributed by atoms with Crippen LogP contribution in [0.3, 0.4) is 0 Å². The van der Waals surface area contributed by atoms with Crippen molar-refractivity contribution in [1.29, 1.82) is 0 Å². The second kappa shape index (κ2) is 72.8. The monoisotopic (exact) mass is 1240 g/mol. The number of carbonyl (C=O) groups excluding carboxylic acids is 2. The molecule has 9 nitrogen and oxygen atoms in total. The molecule has 0 amide bonds. The van der Waals surface area contributed by atoms with Gasteiger partial charge in [0.25, 0.3) is 0 Å². The molecule has 10 heteroatoms. The summed E-state index contributed by atoms with van der Waals surface area (Å²) in [6, 6.07) is 0. The standard InChI is InChI=1S/C77H144NO8P/c1-3-5-7-9-11-13-15-17-19-21-23-25-27-29-31-33-35-36-37-38-40-42-44-46-48-50-52-54-56-58-60-62-64-66-68-70-77(80)86-75(74-85-87(81,82)84-72-71-78)73-83-76(79)69-67-65-63-61-59-57-55-53-51-49-47-45-43-41-39-34-32-30-28-26-24-22-20-18-16-14-12-10-8-6-4-2/h5,7,11,13,17,19,22-25,75H,3-4,6,8-10,12,14-16,18,20-21,26-74,78H2,1-2H3,(H,81,82)/b7-5-,13-11-,19-17-,24-22-,25-23-. The zero-order valence-corrected chi connectivity index (χ0v) is 58.4. The third kappa shape index (κ3) is 72.6. The molecule has 0 aromatic carbocycles. The number of unbranched alkanes of at least 4 members (excludes halogenated alkanes) is 49. The van der Waals surface area contributed by atoms with Gasteiger partial charge in [-0.1, -0.05) is 357 Å². The number of carbonyl (C=O) groups is 2.